The number of rotatable bonds is 7. The highest BCUT2D eigenvalue weighted by Crippen LogP contribution is 2.07. The Hall–Kier alpha value is -0.900. The van der Waals surface area contributed by atoms with Gasteiger partial charge in [-0.15, -0.1) is 0 Å². The number of hydrogen-bond donors (Lipinski definition) is 1. The average molecular weight is 209 g/mol. The molecule has 3 heteroatoms. The Balaban J connectivity index is 2.12. The maximum Gasteiger partial charge on any atom is 0.0720 e. The van der Waals surface area contributed by atoms with Gasteiger partial charge in [-0.2, -0.15) is 0 Å². The second-order valence-electron chi connectivity index (χ2n) is 3.38. The van der Waals surface area contributed by atoms with Crippen LogP contribution in [0.1, 0.15) is 11.1 Å². The van der Waals surface area contributed by atoms with E-state index in [2.05, 4.69) is 19.1 Å². The molecular weight excluding hydrogens is 190 g/mol. The lowest BCUT2D eigenvalue weighted by atomic mass is 10.1. The molecule has 0 aliphatic heterocycles. The van der Waals surface area contributed by atoms with Gasteiger partial charge in [0.1, 0.15) is 0 Å². The highest BCUT2D eigenvalue weighted by Gasteiger charge is 1.96. The maximum atomic E-state index is 5.48. The van der Waals surface area contributed by atoms with Gasteiger partial charge < -0.3 is 15.2 Å². The van der Waals surface area contributed by atoms with Crippen LogP contribution in [0, 0.1) is 6.92 Å². The molecule has 0 aliphatic carbocycles. The van der Waals surface area contributed by atoms with Gasteiger partial charge in [0.2, 0.25) is 0 Å². The maximum absolute atomic E-state index is 5.48. The minimum atomic E-state index is 0.567. The zero-order chi connectivity index (χ0) is 10.9. The van der Waals surface area contributed by atoms with Gasteiger partial charge in [0.05, 0.1) is 26.4 Å². The highest BCUT2D eigenvalue weighted by atomic mass is 16.5. The lowest BCUT2D eigenvalue weighted by Gasteiger charge is -2.07. The molecular formula is C12H19NO2. The fraction of sp³-hybridized carbons (Fsp3) is 0.500. The highest BCUT2D eigenvalue weighted by molar-refractivity contribution is 5.24. The monoisotopic (exact) mass is 209 g/mol. The summed E-state index contributed by atoms with van der Waals surface area (Å²) in [5.41, 5.74) is 7.79. The van der Waals surface area contributed by atoms with Crippen molar-refractivity contribution < 1.29 is 9.47 Å². The van der Waals surface area contributed by atoms with Crippen LogP contribution in [0.5, 0.6) is 0 Å². The molecule has 0 spiro atoms. The molecule has 0 unspecified atom stereocenters. The van der Waals surface area contributed by atoms with E-state index < -0.39 is 0 Å². The molecule has 84 valence electrons. The van der Waals surface area contributed by atoms with E-state index in [1.165, 1.54) is 11.1 Å². The van der Waals surface area contributed by atoms with Crippen LogP contribution in [0.15, 0.2) is 24.3 Å². The smallest absolute Gasteiger partial charge is 0.0720 e. The molecule has 0 amide bonds. The van der Waals surface area contributed by atoms with Crippen LogP contribution in [-0.4, -0.2) is 26.4 Å². The average Bonchev–Trinajstić information content (AvgIpc) is 2.25. The summed E-state index contributed by atoms with van der Waals surface area (Å²) in [6, 6.07) is 8.22. The first kappa shape index (κ1) is 12.2. The number of ether oxygens (including phenoxy) is 2. The molecule has 0 aromatic heterocycles. The Morgan fingerprint density at radius 1 is 1.07 bits per heavy atom. The number of aryl methyl sites for hydroxylation is 1. The van der Waals surface area contributed by atoms with Crippen molar-refractivity contribution in [3.05, 3.63) is 35.4 Å². The predicted molar refractivity (Wildman–Crippen MR) is 60.7 cm³/mol. The molecule has 1 aromatic carbocycles. The van der Waals surface area contributed by atoms with Crippen molar-refractivity contribution >= 4 is 0 Å². The number of hydrogen-bond acceptors (Lipinski definition) is 3. The van der Waals surface area contributed by atoms with Crippen LogP contribution >= 0.6 is 0 Å². The summed E-state index contributed by atoms with van der Waals surface area (Å²) in [6.45, 7) is 5.14. The Labute approximate surface area is 91.2 Å². The predicted octanol–water partition coefficient (Wildman–Crippen LogP) is 1.49. The molecule has 0 saturated heterocycles. The van der Waals surface area contributed by atoms with Gasteiger partial charge >= 0.3 is 0 Å². The Morgan fingerprint density at radius 3 is 2.53 bits per heavy atom. The summed E-state index contributed by atoms with van der Waals surface area (Å²) < 4.78 is 10.7. The number of nitrogens with two attached hydrogens (primary N) is 1. The standard InChI is InChI=1S/C12H19NO2/c1-11-4-2-3-5-12(11)10-15-9-8-14-7-6-13/h2-5H,6-10,13H2,1H3. The zero-order valence-electron chi connectivity index (χ0n) is 9.24. The van der Waals surface area contributed by atoms with E-state index in [0.29, 0.717) is 33.0 Å². The normalized spacial score (nSPS) is 10.5. The molecule has 1 aromatic rings. The largest absolute Gasteiger partial charge is 0.378 e. The van der Waals surface area contributed by atoms with Gasteiger partial charge in [-0.25, -0.2) is 0 Å². The second-order valence-corrected chi connectivity index (χ2v) is 3.38. The third kappa shape index (κ3) is 4.93. The molecule has 2 N–H and O–H groups in total. The summed E-state index contributed by atoms with van der Waals surface area (Å²) in [5.74, 6) is 0. The lowest BCUT2D eigenvalue weighted by molar-refractivity contribution is 0.0432. The van der Waals surface area contributed by atoms with E-state index in [1.54, 1.807) is 0 Å². The van der Waals surface area contributed by atoms with Crippen LogP contribution in [0.3, 0.4) is 0 Å². The molecule has 0 saturated carbocycles. The zero-order valence-corrected chi connectivity index (χ0v) is 9.24. The van der Waals surface area contributed by atoms with Crippen LogP contribution in [-0.2, 0) is 16.1 Å². The van der Waals surface area contributed by atoms with Crippen molar-refractivity contribution in [1.82, 2.24) is 0 Å². The van der Waals surface area contributed by atoms with E-state index in [0.717, 1.165) is 0 Å². The quantitative estimate of drug-likeness (QED) is 0.692. The van der Waals surface area contributed by atoms with Crippen molar-refractivity contribution in [1.29, 1.82) is 0 Å². The van der Waals surface area contributed by atoms with Crippen molar-refractivity contribution in [2.45, 2.75) is 13.5 Å². The van der Waals surface area contributed by atoms with Gasteiger partial charge in [-0.1, -0.05) is 24.3 Å². The second kappa shape index (κ2) is 7.40. The SMILES string of the molecule is Cc1ccccc1COCCOCCN. The van der Waals surface area contributed by atoms with E-state index in [-0.39, 0.29) is 0 Å². The van der Waals surface area contributed by atoms with Crippen LogP contribution in [0.25, 0.3) is 0 Å². The Bertz CT molecular complexity index is 276. The fourth-order valence-corrected chi connectivity index (χ4v) is 1.26. The van der Waals surface area contributed by atoms with Gasteiger partial charge in [0.15, 0.2) is 0 Å². The molecule has 0 aliphatic rings. The van der Waals surface area contributed by atoms with E-state index in [4.69, 9.17) is 15.2 Å². The van der Waals surface area contributed by atoms with Crippen molar-refractivity contribution in [2.75, 3.05) is 26.4 Å². The first-order valence-electron chi connectivity index (χ1n) is 5.24. The van der Waals surface area contributed by atoms with Crippen molar-refractivity contribution in [2.24, 2.45) is 5.73 Å². The molecule has 0 bridgehead atoms. The number of benzene rings is 1. The van der Waals surface area contributed by atoms with E-state index in [1.807, 2.05) is 12.1 Å². The first-order valence-corrected chi connectivity index (χ1v) is 5.24. The van der Waals surface area contributed by atoms with Crippen LogP contribution < -0.4 is 5.73 Å². The van der Waals surface area contributed by atoms with Crippen LogP contribution in [0.2, 0.25) is 0 Å². The van der Waals surface area contributed by atoms with Gasteiger partial charge in [0, 0.05) is 6.54 Å². The summed E-state index contributed by atoms with van der Waals surface area (Å²) in [4.78, 5) is 0. The lowest BCUT2D eigenvalue weighted by Crippen LogP contribution is -2.12. The van der Waals surface area contributed by atoms with Crippen LogP contribution in [0.4, 0.5) is 0 Å². The minimum Gasteiger partial charge on any atom is -0.378 e. The Kier molecular flexibility index (Phi) is 6.00. The molecule has 1 rings (SSSR count). The Morgan fingerprint density at radius 2 is 1.80 bits per heavy atom. The minimum absolute atomic E-state index is 0.567. The molecule has 15 heavy (non-hydrogen) atoms. The molecule has 3 nitrogen and oxygen atoms in total. The molecule has 0 atom stereocenters. The van der Waals surface area contributed by atoms with E-state index in [9.17, 15) is 0 Å². The third-order valence-electron chi connectivity index (χ3n) is 2.15. The molecule has 0 fully saturated rings. The van der Waals surface area contributed by atoms with Gasteiger partial charge in [-0.3, -0.25) is 0 Å². The first-order chi connectivity index (χ1) is 7.34. The van der Waals surface area contributed by atoms with E-state index >= 15 is 0 Å². The summed E-state index contributed by atoms with van der Waals surface area (Å²) in [5, 5.41) is 0. The van der Waals surface area contributed by atoms with Crippen molar-refractivity contribution in [3.8, 4) is 0 Å². The summed E-state index contributed by atoms with van der Waals surface area (Å²) >= 11 is 0. The summed E-state index contributed by atoms with van der Waals surface area (Å²) in [6.07, 6.45) is 0. The van der Waals surface area contributed by atoms with Gasteiger partial charge in [0.25, 0.3) is 0 Å². The summed E-state index contributed by atoms with van der Waals surface area (Å²) in [7, 11) is 0. The molecule has 0 heterocycles. The van der Waals surface area contributed by atoms with Crippen molar-refractivity contribution in [3.63, 3.8) is 0 Å². The fourth-order valence-electron chi connectivity index (χ4n) is 1.26. The third-order valence-corrected chi connectivity index (χ3v) is 2.15. The van der Waals surface area contributed by atoms with Gasteiger partial charge in [-0.05, 0) is 18.1 Å². The topological polar surface area (TPSA) is 44.5 Å². The molecule has 0 radical (unpaired) electrons.